The topological polar surface area (TPSA) is 0 Å². The molecule has 0 amide bonds. The van der Waals surface area contributed by atoms with Crippen molar-refractivity contribution in [2.45, 2.75) is 116 Å². The normalized spacial score (nSPS) is 17.3. The van der Waals surface area contributed by atoms with E-state index in [1.165, 1.54) is 57.8 Å². The van der Waals surface area contributed by atoms with E-state index in [4.69, 9.17) is 0 Å². The first kappa shape index (κ1) is 30.4. The van der Waals surface area contributed by atoms with Crippen molar-refractivity contribution in [3.8, 4) is 22.3 Å². The first-order valence-electron chi connectivity index (χ1n) is 15.9. The van der Waals surface area contributed by atoms with Gasteiger partial charge in [-0.2, -0.15) is 0 Å². The second-order valence-electron chi connectivity index (χ2n) is 11.9. The predicted octanol–water partition coefficient (Wildman–Crippen LogP) is 12.2. The zero-order valence-electron chi connectivity index (χ0n) is 24.6. The van der Waals surface area contributed by atoms with Crippen LogP contribution in [0, 0.1) is 23.4 Å². The lowest BCUT2D eigenvalue weighted by Gasteiger charge is -2.29. The molecule has 1 fully saturated rings. The molecule has 3 heteroatoms. The van der Waals surface area contributed by atoms with E-state index in [2.05, 4.69) is 13.8 Å². The van der Waals surface area contributed by atoms with Crippen molar-refractivity contribution in [1.82, 2.24) is 0 Å². The number of hydrogen-bond acceptors (Lipinski definition) is 0. The van der Waals surface area contributed by atoms with Gasteiger partial charge in [0.15, 0.2) is 11.6 Å². The summed E-state index contributed by atoms with van der Waals surface area (Å²) in [7, 11) is 0. The van der Waals surface area contributed by atoms with E-state index in [1.54, 1.807) is 30.3 Å². The number of hydrogen-bond donors (Lipinski definition) is 0. The number of rotatable bonds is 14. The smallest absolute Gasteiger partial charge is 0.166 e. The van der Waals surface area contributed by atoms with E-state index in [-0.39, 0.29) is 11.4 Å². The summed E-state index contributed by atoms with van der Waals surface area (Å²) in [6.07, 6.45) is 17.0. The molecule has 0 aliphatic heterocycles. The van der Waals surface area contributed by atoms with Gasteiger partial charge in [-0.15, -0.1) is 0 Å². The highest BCUT2D eigenvalue weighted by molar-refractivity contribution is 5.71. The minimum absolute atomic E-state index is 0.138. The van der Waals surface area contributed by atoms with Crippen LogP contribution in [0.5, 0.6) is 0 Å². The molecule has 0 nitrogen and oxygen atoms in total. The Balaban J connectivity index is 1.35. The molecule has 0 N–H and O–H groups in total. The molecule has 0 unspecified atom stereocenters. The van der Waals surface area contributed by atoms with E-state index in [9.17, 15) is 4.39 Å². The van der Waals surface area contributed by atoms with Crippen LogP contribution in [0.4, 0.5) is 13.2 Å². The van der Waals surface area contributed by atoms with Gasteiger partial charge in [0, 0.05) is 5.56 Å². The molecular weight excluding hydrogens is 501 g/mol. The Morgan fingerprint density at radius 2 is 1.23 bits per heavy atom. The number of benzene rings is 3. The summed E-state index contributed by atoms with van der Waals surface area (Å²) in [6.45, 7) is 4.45. The molecule has 1 aliphatic carbocycles. The first-order valence-corrected chi connectivity index (χ1v) is 15.9. The van der Waals surface area contributed by atoms with E-state index < -0.39 is 11.6 Å². The molecule has 3 aromatic carbocycles. The second-order valence-corrected chi connectivity index (χ2v) is 11.9. The quantitative estimate of drug-likeness (QED) is 0.176. The van der Waals surface area contributed by atoms with Gasteiger partial charge in [0.25, 0.3) is 0 Å². The Bertz CT molecular complexity index is 1190. The van der Waals surface area contributed by atoms with Crippen molar-refractivity contribution in [1.29, 1.82) is 0 Å². The molecule has 0 spiro atoms. The zero-order chi connectivity index (χ0) is 28.3. The van der Waals surface area contributed by atoms with E-state index in [0.29, 0.717) is 23.5 Å². The highest BCUT2D eigenvalue weighted by atomic mass is 19.2. The lowest BCUT2D eigenvalue weighted by atomic mass is 9.77. The Morgan fingerprint density at radius 3 is 1.88 bits per heavy atom. The van der Waals surface area contributed by atoms with Crippen LogP contribution >= 0.6 is 0 Å². The maximum absolute atomic E-state index is 15.1. The highest BCUT2D eigenvalue weighted by Crippen LogP contribution is 2.39. The molecule has 0 heterocycles. The summed E-state index contributed by atoms with van der Waals surface area (Å²) in [5, 5.41) is 0. The molecule has 0 bridgehead atoms. The molecule has 0 saturated heterocycles. The minimum Gasteiger partial charge on any atom is -0.207 e. The van der Waals surface area contributed by atoms with Crippen LogP contribution < -0.4 is 0 Å². The molecule has 1 aliphatic rings. The fourth-order valence-electron chi connectivity index (χ4n) is 6.51. The largest absolute Gasteiger partial charge is 0.207 e. The lowest BCUT2D eigenvalue weighted by Crippen LogP contribution is -2.14. The van der Waals surface area contributed by atoms with Crippen molar-refractivity contribution in [2.24, 2.45) is 5.92 Å². The molecule has 0 radical (unpaired) electrons. The van der Waals surface area contributed by atoms with E-state index in [0.717, 1.165) is 54.7 Å². The van der Waals surface area contributed by atoms with Crippen molar-refractivity contribution in [2.75, 3.05) is 0 Å². The first-order chi connectivity index (χ1) is 19.5. The lowest BCUT2D eigenvalue weighted by molar-refractivity contribution is 0.304. The molecule has 0 atom stereocenters. The Labute approximate surface area is 240 Å². The summed E-state index contributed by atoms with van der Waals surface area (Å²) in [5.74, 6) is -0.548. The van der Waals surface area contributed by atoms with Crippen molar-refractivity contribution in [3.05, 3.63) is 83.2 Å². The van der Waals surface area contributed by atoms with Crippen LogP contribution in [-0.2, 0) is 6.42 Å². The van der Waals surface area contributed by atoms with Crippen molar-refractivity contribution < 1.29 is 13.2 Å². The third-order valence-electron chi connectivity index (χ3n) is 8.98. The second kappa shape index (κ2) is 15.5. The van der Waals surface area contributed by atoms with Gasteiger partial charge in [-0.1, -0.05) is 120 Å². The Hall–Kier alpha value is -2.55. The van der Waals surface area contributed by atoms with Gasteiger partial charge in [0.2, 0.25) is 0 Å². The van der Waals surface area contributed by atoms with Crippen molar-refractivity contribution in [3.63, 3.8) is 0 Å². The standard InChI is InChI=1S/C37H47F3/c1-3-5-6-7-8-9-10-11-13-31-22-25-34(37(40)36(31)39)30-20-18-28(19-21-30)32-23-24-33(35(38)26-32)29-16-14-27(12-4-2)15-17-29/h18-27,29H,3-17H2,1-2H3. The summed E-state index contributed by atoms with van der Waals surface area (Å²) < 4.78 is 45.1. The number of halogens is 3. The molecular formula is C37H47F3. The van der Waals surface area contributed by atoms with Crippen LogP contribution in [0.2, 0.25) is 0 Å². The third kappa shape index (κ3) is 8.02. The van der Waals surface area contributed by atoms with Gasteiger partial charge in [-0.3, -0.25) is 0 Å². The van der Waals surface area contributed by atoms with Gasteiger partial charge in [0.1, 0.15) is 5.82 Å². The zero-order valence-corrected chi connectivity index (χ0v) is 24.6. The third-order valence-corrected chi connectivity index (χ3v) is 8.98. The monoisotopic (exact) mass is 548 g/mol. The Morgan fingerprint density at radius 1 is 0.600 bits per heavy atom. The van der Waals surface area contributed by atoms with E-state index >= 15 is 8.78 Å². The molecule has 3 aromatic rings. The van der Waals surface area contributed by atoms with Gasteiger partial charge in [-0.05, 0) is 84.2 Å². The average Bonchev–Trinajstić information content (AvgIpc) is 2.97. The van der Waals surface area contributed by atoms with Crippen LogP contribution in [0.15, 0.2) is 54.6 Å². The minimum atomic E-state index is -0.783. The van der Waals surface area contributed by atoms with Crippen LogP contribution in [0.3, 0.4) is 0 Å². The fourth-order valence-corrected chi connectivity index (χ4v) is 6.51. The van der Waals surface area contributed by atoms with Crippen LogP contribution in [-0.4, -0.2) is 0 Å². The summed E-state index contributed by atoms with van der Waals surface area (Å²) >= 11 is 0. The highest BCUT2D eigenvalue weighted by Gasteiger charge is 2.24. The SMILES string of the molecule is CCCCCCCCCCc1ccc(-c2ccc(-c3ccc(C4CCC(CCC)CC4)c(F)c3)cc2)c(F)c1F. The van der Waals surface area contributed by atoms with Crippen LogP contribution in [0.25, 0.3) is 22.3 Å². The molecule has 216 valence electrons. The molecule has 1 saturated carbocycles. The summed E-state index contributed by atoms with van der Waals surface area (Å²) in [6, 6.07) is 16.3. The molecule has 40 heavy (non-hydrogen) atoms. The van der Waals surface area contributed by atoms with Crippen LogP contribution in [0.1, 0.15) is 121 Å². The maximum Gasteiger partial charge on any atom is 0.166 e. The fraction of sp³-hybridized carbons (Fsp3) is 0.514. The Kier molecular flexibility index (Phi) is 11.7. The number of aryl methyl sites for hydroxylation is 1. The predicted molar refractivity (Wildman–Crippen MR) is 163 cm³/mol. The van der Waals surface area contributed by atoms with Crippen molar-refractivity contribution >= 4 is 0 Å². The van der Waals surface area contributed by atoms with E-state index in [1.807, 2.05) is 24.3 Å². The number of unbranched alkanes of at least 4 members (excludes halogenated alkanes) is 7. The van der Waals surface area contributed by atoms with Gasteiger partial charge < -0.3 is 0 Å². The summed E-state index contributed by atoms with van der Waals surface area (Å²) in [5.41, 5.74) is 3.86. The molecule has 4 rings (SSSR count). The average molecular weight is 549 g/mol. The van der Waals surface area contributed by atoms with Gasteiger partial charge >= 0.3 is 0 Å². The van der Waals surface area contributed by atoms with Gasteiger partial charge in [-0.25, -0.2) is 13.2 Å². The maximum atomic E-state index is 15.1. The summed E-state index contributed by atoms with van der Waals surface area (Å²) in [4.78, 5) is 0. The van der Waals surface area contributed by atoms with Gasteiger partial charge in [0.05, 0.1) is 0 Å². The molecule has 0 aromatic heterocycles.